The van der Waals surface area contributed by atoms with E-state index in [1.54, 1.807) is 28.6 Å². The van der Waals surface area contributed by atoms with E-state index in [-0.39, 0.29) is 12.1 Å². The smallest absolute Gasteiger partial charge is 0.317 e. The average molecular weight is 344 g/mol. The quantitative estimate of drug-likeness (QED) is 0.876. The van der Waals surface area contributed by atoms with Crippen molar-refractivity contribution in [3.8, 4) is 0 Å². The van der Waals surface area contributed by atoms with Gasteiger partial charge in [-0.2, -0.15) is 0 Å². The topological polar surface area (TPSA) is 48.5 Å². The summed E-state index contributed by atoms with van der Waals surface area (Å²) in [4.78, 5) is 21.9. The molecule has 1 aliphatic heterocycles. The molecule has 6 heteroatoms. The Bertz CT molecular complexity index is 626. The Balaban J connectivity index is 1.56. The number of hydrogen-bond acceptors (Lipinski definition) is 4. The molecule has 1 N–H and O–H groups in total. The van der Waals surface area contributed by atoms with Gasteiger partial charge in [-0.05, 0) is 55.1 Å². The number of rotatable bonds is 6. The van der Waals surface area contributed by atoms with E-state index in [9.17, 15) is 4.79 Å². The van der Waals surface area contributed by atoms with Gasteiger partial charge in [0.2, 0.25) is 0 Å². The Morgan fingerprint density at radius 1 is 1.33 bits per heavy atom. The van der Waals surface area contributed by atoms with Crippen LogP contribution in [0.4, 0.5) is 4.79 Å². The minimum atomic E-state index is -0.0347. The normalized spacial score (nSPS) is 16.0. The highest BCUT2D eigenvalue weighted by molar-refractivity contribution is 7.10. The van der Waals surface area contributed by atoms with Crippen LogP contribution in [0, 0.1) is 0 Å². The van der Waals surface area contributed by atoms with Crippen molar-refractivity contribution in [2.45, 2.75) is 25.4 Å². The molecule has 5 nitrogen and oxygen atoms in total. The van der Waals surface area contributed by atoms with Crippen molar-refractivity contribution in [1.82, 2.24) is 20.1 Å². The highest BCUT2D eigenvalue weighted by Crippen LogP contribution is 2.27. The summed E-state index contributed by atoms with van der Waals surface area (Å²) in [5, 5.41) is 5.21. The lowest BCUT2D eigenvalue weighted by atomic mass is 10.2. The molecular formula is C18H24N4OS. The molecule has 0 aliphatic carbocycles. The Kier molecular flexibility index (Phi) is 5.82. The maximum atomic E-state index is 12.4. The Morgan fingerprint density at radius 3 is 2.75 bits per heavy atom. The largest absolute Gasteiger partial charge is 0.336 e. The number of carbonyl (C=O) groups excluding carboxylic acids is 1. The van der Waals surface area contributed by atoms with E-state index in [0.717, 1.165) is 18.7 Å². The standard InChI is InChI=1S/C18H24N4OS/c1-21(14-15-6-8-19-9-7-15)18(23)20-13-16(17-5-4-12-24-17)22-10-2-3-11-22/h4-9,12,16H,2-3,10-11,13-14H2,1H3,(H,20,23)/t16-/m0/s1. The second-order valence-electron chi connectivity index (χ2n) is 6.17. The molecule has 1 fully saturated rings. The molecule has 128 valence electrons. The maximum Gasteiger partial charge on any atom is 0.317 e. The summed E-state index contributed by atoms with van der Waals surface area (Å²) >= 11 is 1.77. The predicted octanol–water partition coefficient (Wildman–Crippen LogP) is 3.12. The van der Waals surface area contributed by atoms with Gasteiger partial charge in [0.05, 0.1) is 6.04 Å². The van der Waals surface area contributed by atoms with Gasteiger partial charge >= 0.3 is 6.03 Å². The third-order valence-corrected chi connectivity index (χ3v) is 5.39. The molecule has 0 bridgehead atoms. The summed E-state index contributed by atoms with van der Waals surface area (Å²) in [6.45, 7) is 3.47. The number of pyridine rings is 1. The molecule has 0 aromatic carbocycles. The first-order chi connectivity index (χ1) is 11.7. The van der Waals surface area contributed by atoms with Crippen LogP contribution in [0.15, 0.2) is 42.0 Å². The van der Waals surface area contributed by atoms with Gasteiger partial charge in [-0.1, -0.05) is 6.07 Å². The molecule has 0 radical (unpaired) electrons. The van der Waals surface area contributed by atoms with Crippen molar-refractivity contribution in [1.29, 1.82) is 0 Å². The number of urea groups is 1. The van der Waals surface area contributed by atoms with Crippen LogP contribution < -0.4 is 5.32 Å². The van der Waals surface area contributed by atoms with Crippen LogP contribution in [-0.2, 0) is 6.54 Å². The molecule has 2 aromatic rings. The molecule has 1 atom stereocenters. The fraction of sp³-hybridized carbons (Fsp3) is 0.444. The van der Waals surface area contributed by atoms with Crippen molar-refractivity contribution in [3.05, 3.63) is 52.5 Å². The summed E-state index contributed by atoms with van der Waals surface area (Å²) in [6, 6.07) is 8.37. The summed E-state index contributed by atoms with van der Waals surface area (Å²) < 4.78 is 0. The molecule has 1 saturated heterocycles. The zero-order valence-corrected chi connectivity index (χ0v) is 14.8. The first kappa shape index (κ1) is 16.9. The molecule has 0 spiro atoms. The molecule has 1 aliphatic rings. The number of thiophene rings is 1. The minimum Gasteiger partial charge on any atom is -0.336 e. The Morgan fingerprint density at radius 2 is 2.08 bits per heavy atom. The van der Waals surface area contributed by atoms with Crippen LogP contribution in [0.2, 0.25) is 0 Å². The van der Waals surface area contributed by atoms with Crippen molar-refractivity contribution in [2.75, 3.05) is 26.7 Å². The van der Waals surface area contributed by atoms with Crippen LogP contribution in [0.3, 0.4) is 0 Å². The van der Waals surface area contributed by atoms with Crippen LogP contribution >= 0.6 is 11.3 Å². The number of nitrogens with one attached hydrogen (secondary N) is 1. The Hall–Kier alpha value is -1.92. The van der Waals surface area contributed by atoms with E-state index in [4.69, 9.17) is 0 Å². The summed E-state index contributed by atoms with van der Waals surface area (Å²) in [6.07, 6.45) is 6.00. The van der Waals surface area contributed by atoms with Gasteiger partial charge in [0.25, 0.3) is 0 Å². The second-order valence-corrected chi connectivity index (χ2v) is 7.15. The van der Waals surface area contributed by atoms with Gasteiger partial charge in [-0.15, -0.1) is 11.3 Å². The van der Waals surface area contributed by atoms with E-state index in [0.29, 0.717) is 13.1 Å². The highest BCUT2D eigenvalue weighted by atomic mass is 32.1. The van der Waals surface area contributed by atoms with Crippen molar-refractivity contribution >= 4 is 17.4 Å². The van der Waals surface area contributed by atoms with Crippen molar-refractivity contribution in [2.24, 2.45) is 0 Å². The molecule has 24 heavy (non-hydrogen) atoms. The SMILES string of the molecule is CN(Cc1ccncc1)C(=O)NC[C@@H](c1cccs1)N1CCCC1. The average Bonchev–Trinajstić information content (AvgIpc) is 3.30. The lowest BCUT2D eigenvalue weighted by Gasteiger charge is -2.28. The van der Waals surface area contributed by atoms with Gasteiger partial charge in [0, 0.05) is 37.4 Å². The van der Waals surface area contributed by atoms with Crippen LogP contribution in [0.25, 0.3) is 0 Å². The number of aromatic nitrogens is 1. The van der Waals surface area contributed by atoms with E-state index in [2.05, 4.69) is 32.7 Å². The Labute approximate surface area is 147 Å². The third-order valence-electron chi connectivity index (χ3n) is 4.42. The molecule has 3 heterocycles. The minimum absolute atomic E-state index is 0.0347. The van der Waals surface area contributed by atoms with Crippen LogP contribution in [-0.4, -0.2) is 47.5 Å². The van der Waals surface area contributed by atoms with Gasteiger partial charge < -0.3 is 10.2 Å². The summed E-state index contributed by atoms with van der Waals surface area (Å²) in [5.74, 6) is 0. The van der Waals surface area contributed by atoms with Crippen LogP contribution in [0.5, 0.6) is 0 Å². The monoisotopic (exact) mass is 344 g/mol. The first-order valence-corrected chi connectivity index (χ1v) is 9.27. The molecule has 2 amide bonds. The number of carbonyl (C=O) groups is 1. The fourth-order valence-electron chi connectivity index (χ4n) is 3.10. The van der Waals surface area contributed by atoms with Gasteiger partial charge in [-0.25, -0.2) is 4.79 Å². The zero-order chi connectivity index (χ0) is 16.8. The number of hydrogen-bond donors (Lipinski definition) is 1. The van der Waals surface area contributed by atoms with E-state index in [1.165, 1.54) is 17.7 Å². The predicted molar refractivity (Wildman–Crippen MR) is 97.0 cm³/mol. The number of likely N-dealkylation sites (tertiary alicyclic amines) is 1. The number of nitrogens with zero attached hydrogens (tertiary/aromatic N) is 3. The lowest BCUT2D eigenvalue weighted by Crippen LogP contribution is -2.42. The van der Waals surface area contributed by atoms with Crippen molar-refractivity contribution in [3.63, 3.8) is 0 Å². The van der Waals surface area contributed by atoms with Crippen molar-refractivity contribution < 1.29 is 4.79 Å². The molecule has 0 unspecified atom stereocenters. The first-order valence-electron chi connectivity index (χ1n) is 8.39. The molecule has 0 saturated carbocycles. The van der Waals surface area contributed by atoms with Gasteiger partial charge in [0.15, 0.2) is 0 Å². The zero-order valence-electron chi connectivity index (χ0n) is 14.0. The van der Waals surface area contributed by atoms with E-state index in [1.807, 2.05) is 19.2 Å². The van der Waals surface area contributed by atoms with Gasteiger partial charge in [-0.3, -0.25) is 9.88 Å². The van der Waals surface area contributed by atoms with E-state index < -0.39 is 0 Å². The summed E-state index contributed by atoms with van der Waals surface area (Å²) in [7, 11) is 1.83. The second kappa shape index (κ2) is 8.26. The number of amides is 2. The molecule has 2 aromatic heterocycles. The maximum absolute atomic E-state index is 12.4. The van der Waals surface area contributed by atoms with Gasteiger partial charge in [0.1, 0.15) is 0 Å². The fourth-order valence-corrected chi connectivity index (χ4v) is 3.96. The molecule has 3 rings (SSSR count). The molecular weight excluding hydrogens is 320 g/mol. The lowest BCUT2D eigenvalue weighted by molar-refractivity contribution is 0.196. The highest BCUT2D eigenvalue weighted by Gasteiger charge is 2.25. The van der Waals surface area contributed by atoms with Crippen LogP contribution in [0.1, 0.15) is 29.3 Å². The summed E-state index contributed by atoms with van der Waals surface area (Å²) in [5.41, 5.74) is 1.08. The van der Waals surface area contributed by atoms with E-state index >= 15 is 0 Å². The third kappa shape index (κ3) is 4.33.